The molecule has 0 saturated heterocycles. The number of aryl methyl sites for hydroxylation is 1. The first-order valence-electron chi connectivity index (χ1n) is 7.89. The Hall–Kier alpha value is -1.90. The van der Waals surface area contributed by atoms with Gasteiger partial charge in [-0.15, -0.1) is 0 Å². The molecule has 0 amide bonds. The lowest BCUT2D eigenvalue weighted by Gasteiger charge is -2.07. The minimum atomic E-state index is 0.133. The molecule has 0 radical (unpaired) electrons. The van der Waals surface area contributed by atoms with Crippen molar-refractivity contribution in [2.45, 2.75) is 52.0 Å². The van der Waals surface area contributed by atoms with Gasteiger partial charge in [0.1, 0.15) is 5.82 Å². The van der Waals surface area contributed by atoms with Crippen molar-refractivity contribution in [3.8, 4) is 0 Å². The molecular weight excluding hydrogens is 260 g/mol. The van der Waals surface area contributed by atoms with E-state index in [4.69, 9.17) is 0 Å². The smallest absolute Gasteiger partial charge is 0.170 e. The fourth-order valence-corrected chi connectivity index (χ4v) is 2.47. The molecule has 2 rings (SSSR count). The lowest BCUT2D eigenvalue weighted by Crippen LogP contribution is -2.10. The van der Waals surface area contributed by atoms with Crippen LogP contribution in [0.5, 0.6) is 0 Å². The number of carbonyl (C=O) groups excluding carboxylic acids is 1. The number of nitrogens with zero attached hydrogens (tertiary/aromatic N) is 2. The Labute approximate surface area is 127 Å². The molecule has 0 aliphatic rings. The standard InChI is InChI=1S/C18H24N2O/c1-2-3-4-5-9-13-20-14-12-19-18(20)15-17(21)16-10-7-6-8-11-16/h6-8,10-12,14H,2-5,9,13,15H2,1H3. The van der Waals surface area contributed by atoms with E-state index in [1.807, 2.05) is 36.5 Å². The highest BCUT2D eigenvalue weighted by Crippen LogP contribution is 2.09. The van der Waals surface area contributed by atoms with Crippen LogP contribution in [-0.2, 0) is 13.0 Å². The van der Waals surface area contributed by atoms with Gasteiger partial charge in [0, 0.05) is 24.5 Å². The summed E-state index contributed by atoms with van der Waals surface area (Å²) in [6.45, 7) is 3.18. The highest BCUT2D eigenvalue weighted by atomic mass is 16.1. The Morgan fingerprint density at radius 1 is 1.10 bits per heavy atom. The summed E-state index contributed by atoms with van der Waals surface area (Å²) in [6, 6.07) is 9.44. The number of hydrogen-bond donors (Lipinski definition) is 0. The van der Waals surface area contributed by atoms with E-state index in [0.717, 1.165) is 24.4 Å². The normalized spacial score (nSPS) is 10.7. The van der Waals surface area contributed by atoms with Crippen molar-refractivity contribution in [1.29, 1.82) is 0 Å². The maximum Gasteiger partial charge on any atom is 0.170 e. The van der Waals surface area contributed by atoms with Gasteiger partial charge in [-0.05, 0) is 6.42 Å². The fraction of sp³-hybridized carbons (Fsp3) is 0.444. The second-order valence-electron chi connectivity index (χ2n) is 5.42. The topological polar surface area (TPSA) is 34.9 Å². The van der Waals surface area contributed by atoms with E-state index in [1.165, 1.54) is 25.7 Å². The summed E-state index contributed by atoms with van der Waals surface area (Å²) in [7, 11) is 0. The molecule has 112 valence electrons. The molecule has 0 N–H and O–H groups in total. The third-order valence-electron chi connectivity index (χ3n) is 3.72. The number of ketones is 1. The molecular formula is C18H24N2O. The molecule has 0 unspecified atom stereocenters. The lowest BCUT2D eigenvalue weighted by molar-refractivity contribution is 0.0989. The molecule has 0 spiro atoms. The van der Waals surface area contributed by atoms with Crippen molar-refractivity contribution in [3.05, 3.63) is 54.1 Å². The molecule has 1 aromatic heterocycles. The number of Topliss-reactive ketones (excluding diaryl/α,β-unsaturated/α-hetero) is 1. The van der Waals surface area contributed by atoms with Gasteiger partial charge < -0.3 is 4.57 Å². The van der Waals surface area contributed by atoms with Crippen LogP contribution in [-0.4, -0.2) is 15.3 Å². The van der Waals surface area contributed by atoms with Crippen LogP contribution in [0.15, 0.2) is 42.7 Å². The number of aromatic nitrogens is 2. The summed E-state index contributed by atoms with van der Waals surface area (Å²) in [4.78, 5) is 16.6. The predicted molar refractivity (Wildman–Crippen MR) is 85.5 cm³/mol. The van der Waals surface area contributed by atoms with Crippen LogP contribution in [0.2, 0.25) is 0 Å². The zero-order valence-corrected chi connectivity index (χ0v) is 12.8. The Bertz CT molecular complexity index is 545. The number of carbonyl (C=O) groups is 1. The third-order valence-corrected chi connectivity index (χ3v) is 3.72. The Morgan fingerprint density at radius 2 is 1.86 bits per heavy atom. The molecule has 0 saturated carbocycles. The largest absolute Gasteiger partial charge is 0.335 e. The predicted octanol–water partition coefficient (Wildman–Crippen LogP) is 4.28. The van der Waals surface area contributed by atoms with E-state index >= 15 is 0 Å². The molecule has 0 aliphatic carbocycles. The molecule has 21 heavy (non-hydrogen) atoms. The molecule has 0 bridgehead atoms. The van der Waals surface area contributed by atoms with E-state index in [2.05, 4.69) is 16.5 Å². The molecule has 3 heteroatoms. The van der Waals surface area contributed by atoms with Gasteiger partial charge in [0.2, 0.25) is 0 Å². The molecule has 2 aromatic rings. The summed E-state index contributed by atoms with van der Waals surface area (Å²) in [5.41, 5.74) is 0.759. The zero-order chi connectivity index (χ0) is 14.9. The first-order chi connectivity index (χ1) is 10.3. The van der Waals surface area contributed by atoms with Crippen molar-refractivity contribution < 1.29 is 4.79 Å². The number of benzene rings is 1. The first-order valence-corrected chi connectivity index (χ1v) is 7.89. The molecule has 1 heterocycles. The average molecular weight is 284 g/mol. The van der Waals surface area contributed by atoms with Gasteiger partial charge in [-0.1, -0.05) is 62.9 Å². The van der Waals surface area contributed by atoms with Crippen molar-refractivity contribution in [2.75, 3.05) is 0 Å². The van der Waals surface area contributed by atoms with E-state index < -0.39 is 0 Å². The van der Waals surface area contributed by atoms with Crippen LogP contribution in [0.1, 0.15) is 55.2 Å². The molecule has 0 aliphatic heterocycles. The third kappa shape index (κ3) is 4.85. The number of rotatable bonds is 9. The van der Waals surface area contributed by atoms with Gasteiger partial charge in [-0.2, -0.15) is 0 Å². The monoisotopic (exact) mass is 284 g/mol. The minimum absolute atomic E-state index is 0.133. The van der Waals surface area contributed by atoms with Crippen molar-refractivity contribution in [2.24, 2.45) is 0 Å². The van der Waals surface area contributed by atoms with Crippen LogP contribution in [0.25, 0.3) is 0 Å². The summed E-state index contributed by atoms with van der Waals surface area (Å²) < 4.78 is 2.12. The van der Waals surface area contributed by atoms with Gasteiger partial charge in [-0.25, -0.2) is 4.98 Å². The molecule has 0 fully saturated rings. The highest BCUT2D eigenvalue weighted by molar-refractivity contribution is 5.97. The minimum Gasteiger partial charge on any atom is -0.335 e. The number of imidazole rings is 1. The maximum absolute atomic E-state index is 12.2. The quantitative estimate of drug-likeness (QED) is 0.509. The van der Waals surface area contributed by atoms with E-state index in [1.54, 1.807) is 6.20 Å². The lowest BCUT2D eigenvalue weighted by atomic mass is 10.1. The number of hydrogen-bond acceptors (Lipinski definition) is 2. The molecule has 1 aromatic carbocycles. The van der Waals surface area contributed by atoms with E-state index in [9.17, 15) is 4.79 Å². The van der Waals surface area contributed by atoms with Gasteiger partial charge in [-0.3, -0.25) is 4.79 Å². The molecule has 3 nitrogen and oxygen atoms in total. The van der Waals surface area contributed by atoms with E-state index in [0.29, 0.717) is 6.42 Å². The Balaban J connectivity index is 1.87. The second-order valence-corrected chi connectivity index (χ2v) is 5.42. The molecule has 0 atom stereocenters. The van der Waals surface area contributed by atoms with Crippen molar-refractivity contribution >= 4 is 5.78 Å². The van der Waals surface area contributed by atoms with Crippen molar-refractivity contribution in [1.82, 2.24) is 9.55 Å². The summed E-state index contributed by atoms with van der Waals surface area (Å²) in [5, 5.41) is 0. The second kappa shape index (κ2) is 8.40. The van der Waals surface area contributed by atoms with Crippen molar-refractivity contribution in [3.63, 3.8) is 0 Å². The Morgan fingerprint density at radius 3 is 2.62 bits per heavy atom. The van der Waals surface area contributed by atoms with Gasteiger partial charge in [0.15, 0.2) is 5.78 Å². The zero-order valence-electron chi connectivity index (χ0n) is 12.8. The summed E-state index contributed by atoms with van der Waals surface area (Å²) in [6.07, 6.45) is 10.4. The summed E-state index contributed by atoms with van der Waals surface area (Å²) >= 11 is 0. The van der Waals surface area contributed by atoms with Crippen LogP contribution in [0.4, 0.5) is 0 Å². The Kier molecular flexibility index (Phi) is 6.20. The average Bonchev–Trinajstić information content (AvgIpc) is 2.95. The van der Waals surface area contributed by atoms with E-state index in [-0.39, 0.29) is 5.78 Å². The van der Waals surface area contributed by atoms with Crippen LogP contribution >= 0.6 is 0 Å². The first kappa shape index (κ1) is 15.5. The van der Waals surface area contributed by atoms with Crippen LogP contribution in [0.3, 0.4) is 0 Å². The van der Waals surface area contributed by atoms with Crippen LogP contribution < -0.4 is 0 Å². The summed E-state index contributed by atoms with van der Waals surface area (Å²) in [5.74, 6) is 1.01. The highest BCUT2D eigenvalue weighted by Gasteiger charge is 2.10. The SMILES string of the molecule is CCCCCCCn1ccnc1CC(=O)c1ccccc1. The fourth-order valence-electron chi connectivity index (χ4n) is 2.47. The van der Waals surface area contributed by atoms with Gasteiger partial charge in [0.25, 0.3) is 0 Å². The van der Waals surface area contributed by atoms with Gasteiger partial charge >= 0.3 is 0 Å². The number of unbranched alkanes of at least 4 members (excludes halogenated alkanes) is 4. The van der Waals surface area contributed by atoms with Crippen LogP contribution in [0, 0.1) is 0 Å². The maximum atomic E-state index is 12.2. The van der Waals surface area contributed by atoms with Gasteiger partial charge in [0.05, 0.1) is 6.42 Å².